The lowest BCUT2D eigenvalue weighted by Crippen LogP contribution is -2.85. The third-order valence-corrected chi connectivity index (χ3v) is 7.41. The normalized spacial score (nSPS) is 45.9. The van der Waals surface area contributed by atoms with Gasteiger partial charge in [0.1, 0.15) is 23.9 Å². The maximum atomic E-state index is 12.6. The van der Waals surface area contributed by atoms with Crippen LogP contribution in [0.3, 0.4) is 0 Å². The van der Waals surface area contributed by atoms with Crippen molar-refractivity contribution in [1.29, 1.82) is 0 Å². The molecule has 3 aliphatic rings. The van der Waals surface area contributed by atoms with Crippen LogP contribution < -0.4 is 0 Å². The molecule has 3 N–H and O–H groups in total. The van der Waals surface area contributed by atoms with E-state index in [4.69, 9.17) is 14.2 Å². The summed E-state index contributed by atoms with van der Waals surface area (Å²) in [6.45, 7) is 5.40. The SMILES string of the molecule is CCCC(=O)O[C@@]1(COC(C)=O)[C@@]2(O)CC[C@@H](C)[C@]23C[C@@H](OC(=O)[C@@H]3O)[C@]1(C)O. The minimum Gasteiger partial charge on any atom is -0.461 e. The molecule has 9 nitrogen and oxygen atoms in total. The topological polar surface area (TPSA) is 140 Å². The van der Waals surface area contributed by atoms with Gasteiger partial charge in [-0.25, -0.2) is 4.79 Å². The molecule has 1 spiro atoms. The second-order valence-corrected chi connectivity index (χ2v) is 8.85. The lowest BCUT2D eigenvalue weighted by atomic mass is 9.47. The molecule has 7 atom stereocenters. The predicted octanol–water partition coefficient (Wildman–Crippen LogP) is 0.220. The Kier molecular flexibility index (Phi) is 5.25. The molecule has 2 aliphatic carbocycles. The molecule has 1 heterocycles. The molecule has 0 aromatic rings. The lowest BCUT2D eigenvalue weighted by molar-refractivity contribution is -0.366. The van der Waals surface area contributed by atoms with Crippen LogP contribution in [0.2, 0.25) is 0 Å². The van der Waals surface area contributed by atoms with E-state index < -0.39 is 58.9 Å². The molecule has 2 saturated carbocycles. The Bertz CT molecular complexity index is 719. The molecular formula is C20H30O9. The molecule has 1 aliphatic heterocycles. The van der Waals surface area contributed by atoms with Crippen LogP contribution in [0.4, 0.5) is 0 Å². The number of aliphatic hydroxyl groups is 3. The van der Waals surface area contributed by atoms with Crippen LogP contribution in [0.1, 0.15) is 59.8 Å². The molecule has 0 aromatic carbocycles. The average molecular weight is 414 g/mol. The standard InChI is InChI=1S/C20H30O9/c1-5-6-14(22)29-20(10-27-12(3)21)17(4,25)13-9-18(15(23)16(24)28-13)11(2)7-8-19(18,20)26/h11,13,15,23,25-26H,5-10H2,1-4H3/t11-,13-,15+,17+,18+,19-,20-/m1/s1. The summed E-state index contributed by atoms with van der Waals surface area (Å²) in [5, 5.41) is 34.4. The van der Waals surface area contributed by atoms with E-state index >= 15 is 0 Å². The molecular weight excluding hydrogens is 384 g/mol. The van der Waals surface area contributed by atoms with Crippen molar-refractivity contribution in [2.24, 2.45) is 11.3 Å². The third kappa shape index (κ3) is 2.67. The summed E-state index contributed by atoms with van der Waals surface area (Å²) < 4.78 is 16.2. The number of rotatable bonds is 5. The minimum absolute atomic E-state index is 0.00226. The zero-order valence-electron chi connectivity index (χ0n) is 17.3. The molecule has 1 saturated heterocycles. The van der Waals surface area contributed by atoms with E-state index in [1.165, 1.54) is 6.92 Å². The Balaban J connectivity index is 2.24. The number of ether oxygens (including phenoxy) is 3. The van der Waals surface area contributed by atoms with Crippen LogP contribution in [0.15, 0.2) is 0 Å². The fourth-order valence-corrected chi connectivity index (χ4v) is 5.77. The van der Waals surface area contributed by atoms with Gasteiger partial charge in [0.25, 0.3) is 0 Å². The molecule has 9 heteroatoms. The van der Waals surface area contributed by atoms with Crippen molar-refractivity contribution in [1.82, 2.24) is 0 Å². The van der Waals surface area contributed by atoms with Crippen molar-refractivity contribution < 1.29 is 43.9 Å². The Morgan fingerprint density at radius 3 is 2.55 bits per heavy atom. The summed E-state index contributed by atoms with van der Waals surface area (Å²) in [6.07, 6.45) is -1.89. The average Bonchev–Trinajstić information content (AvgIpc) is 2.88. The second-order valence-electron chi connectivity index (χ2n) is 8.85. The fraction of sp³-hybridized carbons (Fsp3) is 0.850. The van der Waals surface area contributed by atoms with E-state index in [-0.39, 0.29) is 25.2 Å². The van der Waals surface area contributed by atoms with Crippen LogP contribution in [-0.4, -0.2) is 68.8 Å². The van der Waals surface area contributed by atoms with Crippen molar-refractivity contribution in [3.8, 4) is 0 Å². The van der Waals surface area contributed by atoms with Gasteiger partial charge in [0, 0.05) is 18.8 Å². The maximum Gasteiger partial charge on any atom is 0.336 e. The van der Waals surface area contributed by atoms with Crippen molar-refractivity contribution in [3.05, 3.63) is 0 Å². The van der Waals surface area contributed by atoms with Gasteiger partial charge in [0.05, 0.1) is 0 Å². The highest BCUT2D eigenvalue weighted by atomic mass is 16.6. The van der Waals surface area contributed by atoms with Gasteiger partial charge in [-0.3, -0.25) is 9.59 Å². The number of fused-ring (bicyclic) bond motifs is 1. The number of hydrogen-bond acceptors (Lipinski definition) is 9. The highest BCUT2D eigenvalue weighted by Crippen LogP contribution is 2.68. The largest absolute Gasteiger partial charge is 0.461 e. The van der Waals surface area contributed by atoms with E-state index in [1.807, 2.05) is 0 Å². The molecule has 0 amide bonds. The van der Waals surface area contributed by atoms with E-state index in [0.29, 0.717) is 12.8 Å². The number of hydrogen-bond donors (Lipinski definition) is 3. The number of carbonyl (C=O) groups is 3. The van der Waals surface area contributed by atoms with Gasteiger partial charge in [0.2, 0.25) is 5.60 Å². The summed E-state index contributed by atoms with van der Waals surface area (Å²) in [5.41, 5.74) is -7.61. The number of carbonyl (C=O) groups excluding carboxylic acids is 3. The molecule has 164 valence electrons. The smallest absolute Gasteiger partial charge is 0.336 e. The van der Waals surface area contributed by atoms with Crippen LogP contribution in [-0.2, 0) is 28.6 Å². The summed E-state index contributed by atoms with van der Waals surface area (Å²) in [4.78, 5) is 36.6. The van der Waals surface area contributed by atoms with Gasteiger partial charge < -0.3 is 29.5 Å². The monoisotopic (exact) mass is 414 g/mol. The highest BCUT2D eigenvalue weighted by Gasteiger charge is 2.84. The van der Waals surface area contributed by atoms with Crippen LogP contribution in [0, 0.1) is 11.3 Å². The molecule has 2 bridgehead atoms. The summed E-state index contributed by atoms with van der Waals surface area (Å²) in [6, 6.07) is 0. The van der Waals surface area contributed by atoms with Gasteiger partial charge in [-0.15, -0.1) is 0 Å². The van der Waals surface area contributed by atoms with Gasteiger partial charge in [0.15, 0.2) is 6.10 Å². The van der Waals surface area contributed by atoms with Crippen LogP contribution in [0.25, 0.3) is 0 Å². The summed E-state index contributed by atoms with van der Waals surface area (Å²) in [5.74, 6) is -2.65. The van der Waals surface area contributed by atoms with Crippen LogP contribution >= 0.6 is 0 Å². The van der Waals surface area contributed by atoms with Crippen molar-refractivity contribution in [2.75, 3.05) is 6.61 Å². The summed E-state index contributed by atoms with van der Waals surface area (Å²) in [7, 11) is 0. The first-order valence-corrected chi connectivity index (χ1v) is 10.1. The van der Waals surface area contributed by atoms with Gasteiger partial charge in [-0.2, -0.15) is 0 Å². The van der Waals surface area contributed by atoms with Gasteiger partial charge in [-0.05, 0) is 38.5 Å². The second kappa shape index (κ2) is 6.92. The number of aliphatic hydroxyl groups excluding tert-OH is 1. The predicted molar refractivity (Wildman–Crippen MR) is 97.3 cm³/mol. The van der Waals surface area contributed by atoms with E-state index in [2.05, 4.69) is 0 Å². The zero-order valence-corrected chi connectivity index (χ0v) is 17.3. The van der Waals surface area contributed by atoms with Crippen molar-refractivity contribution >= 4 is 17.9 Å². The van der Waals surface area contributed by atoms with E-state index in [1.54, 1.807) is 13.8 Å². The molecule has 0 radical (unpaired) electrons. The van der Waals surface area contributed by atoms with Crippen molar-refractivity contribution in [3.63, 3.8) is 0 Å². The fourth-order valence-electron chi connectivity index (χ4n) is 5.77. The van der Waals surface area contributed by atoms with Gasteiger partial charge in [-0.1, -0.05) is 13.8 Å². The van der Waals surface area contributed by atoms with E-state index in [9.17, 15) is 29.7 Å². The first-order chi connectivity index (χ1) is 13.4. The zero-order chi connectivity index (χ0) is 21.8. The molecule has 0 aromatic heterocycles. The molecule has 3 rings (SSSR count). The minimum atomic E-state index is -2.12. The van der Waals surface area contributed by atoms with Crippen LogP contribution in [0.5, 0.6) is 0 Å². The Labute approximate surface area is 169 Å². The Hall–Kier alpha value is -1.71. The lowest BCUT2D eigenvalue weighted by Gasteiger charge is -2.66. The molecule has 0 unspecified atom stereocenters. The highest BCUT2D eigenvalue weighted by molar-refractivity contribution is 5.78. The maximum absolute atomic E-state index is 12.6. The molecule has 3 fully saturated rings. The Morgan fingerprint density at radius 2 is 1.97 bits per heavy atom. The van der Waals surface area contributed by atoms with Gasteiger partial charge >= 0.3 is 17.9 Å². The summed E-state index contributed by atoms with van der Waals surface area (Å²) >= 11 is 0. The van der Waals surface area contributed by atoms with Crippen molar-refractivity contribution in [2.45, 2.75) is 88.8 Å². The third-order valence-electron chi connectivity index (χ3n) is 7.41. The first kappa shape index (κ1) is 22.0. The van der Waals surface area contributed by atoms with E-state index in [0.717, 1.165) is 6.92 Å². The number of esters is 3. The molecule has 29 heavy (non-hydrogen) atoms. The Morgan fingerprint density at radius 1 is 1.31 bits per heavy atom. The quantitative estimate of drug-likeness (QED) is 0.426. The first-order valence-electron chi connectivity index (χ1n) is 10.1.